The summed E-state index contributed by atoms with van der Waals surface area (Å²) in [6, 6.07) is 4.50. The summed E-state index contributed by atoms with van der Waals surface area (Å²) in [5, 5.41) is 11.0. The SMILES string of the molecule is COC(=O)c1cc(N2CC(C)OC(C)C2)ccc1[N+](=O)[O-]. The molecule has 7 nitrogen and oxygen atoms in total. The molecule has 1 aromatic rings. The second-order valence-corrected chi connectivity index (χ2v) is 5.11. The van der Waals surface area contributed by atoms with Crippen LogP contribution >= 0.6 is 0 Å². The van der Waals surface area contributed by atoms with Crippen LogP contribution in [0.2, 0.25) is 0 Å². The molecule has 1 heterocycles. The third kappa shape index (κ3) is 3.30. The van der Waals surface area contributed by atoms with E-state index in [0.29, 0.717) is 13.1 Å². The number of ether oxygens (including phenoxy) is 2. The molecule has 0 bridgehead atoms. The predicted octanol–water partition coefficient (Wildman–Crippen LogP) is 1.99. The summed E-state index contributed by atoms with van der Waals surface area (Å²) in [4.78, 5) is 24.2. The molecule has 2 rings (SSSR count). The predicted molar refractivity (Wildman–Crippen MR) is 76.7 cm³/mol. The molecule has 7 heteroatoms. The van der Waals surface area contributed by atoms with Crippen LogP contribution in [0.4, 0.5) is 11.4 Å². The first kappa shape index (κ1) is 15.2. The minimum atomic E-state index is -0.710. The largest absolute Gasteiger partial charge is 0.465 e. The van der Waals surface area contributed by atoms with E-state index in [2.05, 4.69) is 9.64 Å². The van der Waals surface area contributed by atoms with Crippen LogP contribution in [0.25, 0.3) is 0 Å². The van der Waals surface area contributed by atoms with Crippen molar-refractivity contribution in [1.82, 2.24) is 0 Å². The number of hydrogen-bond donors (Lipinski definition) is 0. The van der Waals surface area contributed by atoms with Gasteiger partial charge in [-0.2, -0.15) is 0 Å². The van der Waals surface area contributed by atoms with Gasteiger partial charge in [0.1, 0.15) is 5.56 Å². The van der Waals surface area contributed by atoms with Crippen LogP contribution in [0.5, 0.6) is 0 Å². The van der Waals surface area contributed by atoms with Gasteiger partial charge in [0.25, 0.3) is 5.69 Å². The Morgan fingerprint density at radius 2 is 2.00 bits per heavy atom. The molecule has 0 N–H and O–H groups in total. The Bertz CT molecular complexity index is 550. The summed E-state index contributed by atoms with van der Waals surface area (Å²) in [6.07, 6.45) is 0.121. The average molecular weight is 294 g/mol. The van der Waals surface area contributed by atoms with E-state index in [1.165, 1.54) is 19.2 Å². The van der Waals surface area contributed by atoms with E-state index in [1.807, 2.05) is 13.8 Å². The molecule has 0 radical (unpaired) electrons. The first-order chi connectivity index (χ1) is 9.92. The van der Waals surface area contributed by atoms with Crippen LogP contribution in [-0.4, -0.2) is 43.3 Å². The highest BCUT2D eigenvalue weighted by Gasteiger charge is 2.26. The highest BCUT2D eigenvalue weighted by atomic mass is 16.6. The normalized spacial score (nSPS) is 22.0. The maximum atomic E-state index is 11.7. The fourth-order valence-corrected chi connectivity index (χ4v) is 2.54. The van der Waals surface area contributed by atoms with E-state index in [9.17, 15) is 14.9 Å². The number of benzene rings is 1. The standard InChI is InChI=1S/C14H18N2O5/c1-9-7-15(8-10(2)21-9)11-4-5-13(16(18)19)12(6-11)14(17)20-3/h4-6,9-10H,7-8H2,1-3H3. The number of carbonyl (C=O) groups excluding carboxylic acids is 1. The Morgan fingerprint density at radius 3 is 2.52 bits per heavy atom. The first-order valence-electron chi connectivity index (χ1n) is 6.69. The smallest absolute Gasteiger partial charge is 0.344 e. The fraction of sp³-hybridized carbons (Fsp3) is 0.500. The van der Waals surface area contributed by atoms with Gasteiger partial charge in [0.15, 0.2) is 0 Å². The molecule has 1 aliphatic rings. The van der Waals surface area contributed by atoms with E-state index in [0.717, 1.165) is 5.69 Å². The maximum Gasteiger partial charge on any atom is 0.344 e. The molecule has 114 valence electrons. The minimum absolute atomic E-state index is 0.0354. The lowest BCUT2D eigenvalue weighted by molar-refractivity contribution is -0.385. The Morgan fingerprint density at radius 1 is 1.38 bits per heavy atom. The number of hydrogen-bond acceptors (Lipinski definition) is 6. The van der Waals surface area contributed by atoms with Crippen molar-refractivity contribution in [2.75, 3.05) is 25.1 Å². The zero-order chi connectivity index (χ0) is 15.6. The Kier molecular flexibility index (Phi) is 4.42. The fourth-order valence-electron chi connectivity index (χ4n) is 2.54. The molecular weight excluding hydrogens is 276 g/mol. The number of methoxy groups -OCH3 is 1. The molecule has 1 aliphatic heterocycles. The van der Waals surface area contributed by atoms with Crippen molar-refractivity contribution in [3.63, 3.8) is 0 Å². The van der Waals surface area contributed by atoms with Gasteiger partial charge in [0, 0.05) is 24.8 Å². The van der Waals surface area contributed by atoms with Crippen molar-refractivity contribution in [2.45, 2.75) is 26.1 Å². The molecule has 0 aliphatic carbocycles. The summed E-state index contributed by atoms with van der Waals surface area (Å²) in [5.41, 5.74) is 0.467. The van der Waals surface area contributed by atoms with E-state index in [1.54, 1.807) is 6.07 Å². The van der Waals surface area contributed by atoms with Gasteiger partial charge < -0.3 is 14.4 Å². The lowest BCUT2D eigenvalue weighted by atomic mass is 10.1. The van der Waals surface area contributed by atoms with Gasteiger partial charge in [-0.05, 0) is 26.0 Å². The molecule has 1 fully saturated rings. The van der Waals surface area contributed by atoms with Crippen LogP contribution < -0.4 is 4.90 Å². The van der Waals surface area contributed by atoms with Crippen LogP contribution in [0.15, 0.2) is 18.2 Å². The van der Waals surface area contributed by atoms with Crippen molar-refractivity contribution >= 4 is 17.3 Å². The van der Waals surface area contributed by atoms with Crippen LogP contribution in [-0.2, 0) is 9.47 Å². The van der Waals surface area contributed by atoms with Gasteiger partial charge in [-0.15, -0.1) is 0 Å². The number of nitrogens with zero attached hydrogens (tertiary/aromatic N) is 2. The Labute approximate surface area is 122 Å². The van der Waals surface area contributed by atoms with Gasteiger partial charge in [0.2, 0.25) is 0 Å². The van der Waals surface area contributed by atoms with Crippen molar-refractivity contribution in [1.29, 1.82) is 0 Å². The summed E-state index contributed by atoms with van der Waals surface area (Å²) < 4.78 is 10.3. The molecule has 0 spiro atoms. The number of nitro benzene ring substituents is 1. The van der Waals surface area contributed by atoms with Crippen molar-refractivity contribution in [2.24, 2.45) is 0 Å². The molecule has 21 heavy (non-hydrogen) atoms. The van der Waals surface area contributed by atoms with Gasteiger partial charge >= 0.3 is 5.97 Å². The highest BCUT2D eigenvalue weighted by molar-refractivity contribution is 5.95. The number of esters is 1. The molecule has 2 atom stereocenters. The maximum absolute atomic E-state index is 11.7. The highest BCUT2D eigenvalue weighted by Crippen LogP contribution is 2.27. The third-order valence-electron chi connectivity index (χ3n) is 3.37. The molecular formula is C14H18N2O5. The van der Waals surface area contributed by atoms with Crippen molar-refractivity contribution in [3.05, 3.63) is 33.9 Å². The lowest BCUT2D eigenvalue weighted by Gasteiger charge is -2.36. The number of anilines is 1. The van der Waals surface area contributed by atoms with E-state index in [-0.39, 0.29) is 23.5 Å². The lowest BCUT2D eigenvalue weighted by Crippen LogP contribution is -2.45. The van der Waals surface area contributed by atoms with E-state index < -0.39 is 10.9 Å². The topological polar surface area (TPSA) is 81.9 Å². The number of rotatable bonds is 3. The zero-order valence-electron chi connectivity index (χ0n) is 12.2. The monoisotopic (exact) mass is 294 g/mol. The zero-order valence-corrected chi connectivity index (χ0v) is 12.2. The van der Waals surface area contributed by atoms with Gasteiger partial charge in [-0.3, -0.25) is 10.1 Å². The van der Waals surface area contributed by atoms with Crippen molar-refractivity contribution in [3.8, 4) is 0 Å². The molecule has 1 aromatic carbocycles. The van der Waals surface area contributed by atoms with Gasteiger partial charge in [-0.25, -0.2) is 4.79 Å². The van der Waals surface area contributed by atoms with Crippen LogP contribution in [0, 0.1) is 10.1 Å². The molecule has 0 aromatic heterocycles. The first-order valence-corrected chi connectivity index (χ1v) is 6.69. The summed E-state index contributed by atoms with van der Waals surface area (Å²) in [6.45, 7) is 5.27. The minimum Gasteiger partial charge on any atom is -0.465 e. The molecule has 0 amide bonds. The van der Waals surface area contributed by atoms with E-state index in [4.69, 9.17) is 4.74 Å². The third-order valence-corrected chi connectivity index (χ3v) is 3.37. The summed E-state index contributed by atoms with van der Waals surface area (Å²) in [7, 11) is 1.21. The average Bonchev–Trinajstić information content (AvgIpc) is 2.44. The summed E-state index contributed by atoms with van der Waals surface area (Å²) in [5.74, 6) is -0.710. The van der Waals surface area contributed by atoms with Crippen LogP contribution in [0.1, 0.15) is 24.2 Å². The van der Waals surface area contributed by atoms with Gasteiger partial charge in [-0.1, -0.05) is 0 Å². The molecule has 0 saturated carbocycles. The number of carbonyl (C=O) groups is 1. The van der Waals surface area contributed by atoms with Gasteiger partial charge in [0.05, 0.1) is 24.2 Å². The van der Waals surface area contributed by atoms with Crippen molar-refractivity contribution < 1.29 is 19.2 Å². The second-order valence-electron chi connectivity index (χ2n) is 5.11. The quantitative estimate of drug-likeness (QED) is 0.482. The Balaban J connectivity index is 2.37. The number of nitro groups is 1. The molecule has 2 unspecified atom stereocenters. The van der Waals surface area contributed by atoms with Crippen LogP contribution in [0.3, 0.4) is 0 Å². The Hall–Kier alpha value is -2.15. The number of morpholine rings is 1. The molecule has 1 saturated heterocycles. The van der Waals surface area contributed by atoms with E-state index >= 15 is 0 Å². The summed E-state index contributed by atoms with van der Waals surface area (Å²) >= 11 is 0. The second kappa shape index (κ2) is 6.09.